The lowest BCUT2D eigenvalue weighted by Gasteiger charge is -2.03. The lowest BCUT2D eigenvalue weighted by Crippen LogP contribution is -2.12. The Kier molecular flexibility index (Phi) is 3.18. The van der Waals surface area contributed by atoms with E-state index in [-0.39, 0.29) is 5.56 Å². The second-order valence-corrected chi connectivity index (χ2v) is 5.23. The van der Waals surface area contributed by atoms with Gasteiger partial charge in [0.1, 0.15) is 17.3 Å². The molecule has 0 spiro atoms. The number of rotatable bonds is 2. The molecule has 4 rings (SSSR count). The van der Waals surface area contributed by atoms with Gasteiger partial charge in [0.25, 0.3) is 5.56 Å². The molecule has 0 aliphatic rings. The number of fused-ring (bicyclic) bond motifs is 1. The smallest absolute Gasteiger partial charge is 0.267 e. The number of nitrogens with zero attached hydrogens (tertiary/aromatic N) is 4. The van der Waals surface area contributed by atoms with Gasteiger partial charge in [0.05, 0.1) is 16.8 Å². The molecule has 0 amide bonds. The second kappa shape index (κ2) is 5.48. The molecule has 114 valence electrons. The van der Waals surface area contributed by atoms with Gasteiger partial charge in [-0.1, -0.05) is 36.4 Å². The molecule has 3 heterocycles. The van der Waals surface area contributed by atoms with Gasteiger partial charge in [0, 0.05) is 11.8 Å². The van der Waals surface area contributed by atoms with Crippen molar-refractivity contribution in [2.24, 2.45) is 0 Å². The minimum Gasteiger partial charge on any atom is -0.267 e. The molecule has 6 heteroatoms. The van der Waals surface area contributed by atoms with Gasteiger partial charge in [-0.15, -0.1) is 0 Å². The molecule has 0 aliphatic carbocycles. The Hall–Kier alpha value is -3.72. The summed E-state index contributed by atoms with van der Waals surface area (Å²) in [5, 5.41) is 20.3. The SMILES string of the molecule is N#Cc1cc(-c2c(-c3ccccc3)nn3ccccc23)n[nH]c1=O. The zero-order valence-corrected chi connectivity index (χ0v) is 12.5. The van der Waals surface area contributed by atoms with E-state index in [2.05, 4.69) is 15.3 Å². The van der Waals surface area contributed by atoms with Crippen LogP contribution >= 0.6 is 0 Å². The van der Waals surface area contributed by atoms with Gasteiger partial charge in [-0.2, -0.15) is 15.5 Å². The van der Waals surface area contributed by atoms with Crippen molar-refractivity contribution < 1.29 is 0 Å². The molecular formula is C18H11N5O. The Morgan fingerprint density at radius 3 is 2.67 bits per heavy atom. The van der Waals surface area contributed by atoms with E-state index in [4.69, 9.17) is 5.26 Å². The summed E-state index contributed by atoms with van der Waals surface area (Å²) in [5.41, 5.74) is 3.32. The van der Waals surface area contributed by atoms with Crippen LogP contribution in [0.1, 0.15) is 5.56 Å². The molecule has 0 atom stereocenters. The molecular weight excluding hydrogens is 302 g/mol. The highest BCUT2D eigenvalue weighted by atomic mass is 16.1. The van der Waals surface area contributed by atoms with Crippen LogP contribution in [0.5, 0.6) is 0 Å². The predicted molar refractivity (Wildman–Crippen MR) is 89.2 cm³/mol. The van der Waals surface area contributed by atoms with E-state index in [9.17, 15) is 4.79 Å². The molecule has 0 aliphatic heterocycles. The number of nitriles is 1. The van der Waals surface area contributed by atoms with E-state index in [1.165, 1.54) is 6.07 Å². The monoisotopic (exact) mass is 313 g/mol. The normalized spacial score (nSPS) is 10.6. The summed E-state index contributed by atoms with van der Waals surface area (Å²) in [6.45, 7) is 0. The van der Waals surface area contributed by atoms with Gasteiger partial charge in [-0.25, -0.2) is 9.61 Å². The van der Waals surface area contributed by atoms with Crippen molar-refractivity contribution >= 4 is 5.52 Å². The van der Waals surface area contributed by atoms with Crippen molar-refractivity contribution in [2.45, 2.75) is 0 Å². The van der Waals surface area contributed by atoms with Crippen LogP contribution in [0.25, 0.3) is 28.0 Å². The number of nitrogens with one attached hydrogen (secondary N) is 1. The highest BCUT2D eigenvalue weighted by molar-refractivity contribution is 5.90. The van der Waals surface area contributed by atoms with Crippen LogP contribution in [-0.2, 0) is 0 Å². The molecule has 3 aromatic heterocycles. The van der Waals surface area contributed by atoms with Crippen LogP contribution in [0.15, 0.2) is 65.6 Å². The standard InChI is InChI=1S/C18H11N5O/c19-11-13-10-14(20-21-18(13)24)16-15-8-4-5-9-23(15)22-17(16)12-6-2-1-3-7-12/h1-10H,(H,21,24). The highest BCUT2D eigenvalue weighted by Gasteiger charge is 2.18. The molecule has 0 saturated carbocycles. The molecule has 0 saturated heterocycles. The van der Waals surface area contributed by atoms with Gasteiger partial charge in [-0.3, -0.25) is 4.79 Å². The maximum Gasteiger partial charge on any atom is 0.282 e. The molecule has 24 heavy (non-hydrogen) atoms. The topological polar surface area (TPSA) is 86.8 Å². The fraction of sp³-hybridized carbons (Fsp3) is 0. The van der Waals surface area contributed by atoms with Crippen molar-refractivity contribution in [1.29, 1.82) is 5.26 Å². The van der Waals surface area contributed by atoms with Crippen LogP contribution in [0, 0.1) is 11.3 Å². The summed E-state index contributed by atoms with van der Waals surface area (Å²) in [5.74, 6) is 0. The summed E-state index contributed by atoms with van der Waals surface area (Å²) >= 11 is 0. The first-order valence-electron chi connectivity index (χ1n) is 7.31. The molecule has 0 unspecified atom stereocenters. The number of hydrogen-bond acceptors (Lipinski definition) is 4. The van der Waals surface area contributed by atoms with Crippen LogP contribution in [0.3, 0.4) is 0 Å². The minimum absolute atomic E-state index is 0.0225. The van der Waals surface area contributed by atoms with Crippen LogP contribution in [0.2, 0.25) is 0 Å². The highest BCUT2D eigenvalue weighted by Crippen LogP contribution is 2.33. The first kappa shape index (κ1) is 13.9. The fourth-order valence-electron chi connectivity index (χ4n) is 2.67. The van der Waals surface area contributed by atoms with E-state index in [1.807, 2.05) is 60.8 Å². The van der Waals surface area contributed by atoms with Gasteiger partial charge in [0.2, 0.25) is 0 Å². The van der Waals surface area contributed by atoms with Gasteiger partial charge >= 0.3 is 0 Å². The Balaban J connectivity index is 2.07. The Bertz CT molecular complexity index is 1140. The minimum atomic E-state index is -0.501. The summed E-state index contributed by atoms with van der Waals surface area (Å²) in [4.78, 5) is 11.6. The zero-order valence-electron chi connectivity index (χ0n) is 12.5. The maximum atomic E-state index is 11.6. The van der Waals surface area contributed by atoms with Gasteiger partial charge in [-0.05, 0) is 18.2 Å². The van der Waals surface area contributed by atoms with Crippen LogP contribution in [0.4, 0.5) is 0 Å². The third kappa shape index (κ3) is 2.16. The number of aromatic amines is 1. The maximum absolute atomic E-state index is 11.6. The van der Waals surface area contributed by atoms with Gasteiger partial charge < -0.3 is 0 Å². The Labute approximate surface area is 136 Å². The third-order valence-electron chi connectivity index (χ3n) is 3.77. The molecule has 0 radical (unpaired) electrons. The summed E-state index contributed by atoms with van der Waals surface area (Å²) < 4.78 is 1.76. The molecule has 1 N–H and O–H groups in total. The van der Waals surface area contributed by atoms with Crippen molar-refractivity contribution in [3.05, 3.63) is 76.7 Å². The number of aromatic nitrogens is 4. The Morgan fingerprint density at radius 1 is 1.08 bits per heavy atom. The predicted octanol–water partition coefficient (Wildman–Crippen LogP) is 2.62. The number of benzene rings is 1. The van der Waals surface area contributed by atoms with Crippen LogP contribution < -0.4 is 5.56 Å². The third-order valence-corrected chi connectivity index (χ3v) is 3.77. The Morgan fingerprint density at radius 2 is 1.88 bits per heavy atom. The molecule has 1 aromatic carbocycles. The lowest BCUT2D eigenvalue weighted by atomic mass is 10.0. The van der Waals surface area contributed by atoms with E-state index in [0.29, 0.717) is 5.69 Å². The van der Waals surface area contributed by atoms with E-state index >= 15 is 0 Å². The first-order valence-corrected chi connectivity index (χ1v) is 7.31. The van der Waals surface area contributed by atoms with Crippen molar-refractivity contribution in [1.82, 2.24) is 19.8 Å². The molecule has 4 aromatic rings. The van der Waals surface area contributed by atoms with Crippen molar-refractivity contribution in [3.8, 4) is 28.6 Å². The van der Waals surface area contributed by atoms with Crippen molar-refractivity contribution in [3.63, 3.8) is 0 Å². The van der Waals surface area contributed by atoms with Crippen molar-refractivity contribution in [2.75, 3.05) is 0 Å². The molecule has 0 bridgehead atoms. The summed E-state index contributed by atoms with van der Waals surface area (Å²) in [7, 11) is 0. The quantitative estimate of drug-likeness (QED) is 0.616. The van der Waals surface area contributed by atoms with Gasteiger partial charge in [0.15, 0.2) is 0 Å². The average Bonchev–Trinajstić information content (AvgIpc) is 3.02. The van der Waals surface area contributed by atoms with E-state index in [0.717, 1.165) is 22.3 Å². The van der Waals surface area contributed by atoms with Crippen LogP contribution in [-0.4, -0.2) is 19.8 Å². The lowest BCUT2D eigenvalue weighted by molar-refractivity contribution is 0.966. The first-order chi connectivity index (χ1) is 11.8. The largest absolute Gasteiger partial charge is 0.282 e. The number of pyridine rings is 1. The summed E-state index contributed by atoms with van der Waals surface area (Å²) in [6, 6.07) is 18.8. The zero-order chi connectivity index (χ0) is 16.5. The number of hydrogen-bond donors (Lipinski definition) is 1. The average molecular weight is 313 g/mol. The molecule has 6 nitrogen and oxygen atoms in total. The second-order valence-electron chi connectivity index (χ2n) is 5.23. The summed E-state index contributed by atoms with van der Waals surface area (Å²) in [6.07, 6.45) is 1.85. The number of H-pyrrole nitrogens is 1. The van der Waals surface area contributed by atoms with E-state index < -0.39 is 5.56 Å². The van der Waals surface area contributed by atoms with E-state index in [1.54, 1.807) is 4.52 Å². The molecule has 0 fully saturated rings. The fourth-order valence-corrected chi connectivity index (χ4v) is 2.67.